The molecule has 0 radical (unpaired) electrons. The molecule has 3 aliphatic carbocycles. The van der Waals surface area contributed by atoms with E-state index in [1.54, 1.807) is 12.1 Å². The van der Waals surface area contributed by atoms with Crippen LogP contribution in [-0.2, 0) is 0 Å². The van der Waals surface area contributed by atoms with Crippen molar-refractivity contribution < 1.29 is 27.5 Å². The number of rotatable bonds is 1. The van der Waals surface area contributed by atoms with Crippen molar-refractivity contribution >= 4 is 5.91 Å². The van der Waals surface area contributed by atoms with E-state index in [4.69, 9.17) is 0 Å². The molecule has 0 spiro atoms. The lowest BCUT2D eigenvalue weighted by atomic mass is 9.67. The van der Waals surface area contributed by atoms with Gasteiger partial charge in [-0.3, -0.25) is 9.78 Å². The molecule has 1 aliphatic heterocycles. The van der Waals surface area contributed by atoms with Crippen LogP contribution in [0.1, 0.15) is 29.6 Å². The standard InChI is InChI=1S/C19H16F4N2O2/c20-17-9-14(18(17,27)19(21,22)23)8-12-4-1-2-7-25(15(12)10-17)16(26)13-5-3-6-24-11-13/h3,5-6,8-11,27H,1-2,4,7H2. The summed E-state index contributed by atoms with van der Waals surface area (Å²) in [6.45, 7) is 0.243. The lowest BCUT2D eigenvalue weighted by molar-refractivity contribution is -0.279. The number of pyridine rings is 1. The minimum Gasteiger partial charge on any atom is -0.373 e. The van der Waals surface area contributed by atoms with E-state index in [0.717, 1.165) is 12.2 Å². The van der Waals surface area contributed by atoms with Gasteiger partial charge in [-0.05, 0) is 54.7 Å². The molecule has 0 aromatic carbocycles. The fraction of sp³-hybridized carbons (Fsp3) is 0.368. The first kappa shape index (κ1) is 17.9. The Hall–Kier alpha value is -2.48. The van der Waals surface area contributed by atoms with Crippen molar-refractivity contribution in [3.63, 3.8) is 0 Å². The normalized spacial score (nSPS) is 30.1. The second kappa shape index (κ2) is 5.76. The van der Waals surface area contributed by atoms with Crippen LogP contribution in [-0.4, -0.2) is 44.9 Å². The second-order valence-electron chi connectivity index (χ2n) is 6.93. The van der Waals surface area contributed by atoms with E-state index in [0.29, 0.717) is 24.8 Å². The molecule has 2 unspecified atom stereocenters. The third-order valence-electron chi connectivity index (χ3n) is 5.28. The zero-order valence-electron chi connectivity index (χ0n) is 14.1. The van der Waals surface area contributed by atoms with Crippen molar-refractivity contribution in [1.29, 1.82) is 0 Å². The van der Waals surface area contributed by atoms with Crippen molar-refractivity contribution in [2.75, 3.05) is 6.54 Å². The number of aromatic nitrogens is 1. The zero-order valence-corrected chi connectivity index (χ0v) is 14.1. The number of allylic oxidation sites excluding steroid dienone is 1. The van der Waals surface area contributed by atoms with Crippen molar-refractivity contribution in [3.8, 4) is 0 Å². The molecule has 4 aliphatic rings. The fourth-order valence-electron chi connectivity index (χ4n) is 3.82. The van der Waals surface area contributed by atoms with Crippen molar-refractivity contribution in [1.82, 2.24) is 9.88 Å². The van der Waals surface area contributed by atoms with E-state index in [2.05, 4.69) is 4.98 Å². The van der Waals surface area contributed by atoms with Crippen LogP contribution in [0.15, 0.2) is 59.6 Å². The maximum Gasteiger partial charge on any atom is 0.425 e. The van der Waals surface area contributed by atoms with Crippen molar-refractivity contribution in [3.05, 3.63) is 65.2 Å². The van der Waals surface area contributed by atoms with Crippen LogP contribution in [0.4, 0.5) is 17.6 Å². The first-order chi connectivity index (χ1) is 12.7. The highest BCUT2D eigenvalue weighted by Gasteiger charge is 2.73. The SMILES string of the molecule is O=C(c1cccnc1)N1CCCCC2=CC3=CC(F)(C=C21)C3(O)C(F)(F)F. The van der Waals surface area contributed by atoms with E-state index >= 15 is 4.39 Å². The molecule has 1 aromatic heterocycles. The average molecular weight is 380 g/mol. The number of amides is 1. The molecule has 4 nitrogen and oxygen atoms in total. The van der Waals surface area contributed by atoms with E-state index in [-0.39, 0.29) is 17.8 Å². The van der Waals surface area contributed by atoms with E-state index in [1.807, 2.05) is 0 Å². The highest BCUT2D eigenvalue weighted by atomic mass is 19.4. The minimum absolute atomic E-state index is 0.0790. The van der Waals surface area contributed by atoms with Crippen LogP contribution in [0.3, 0.4) is 0 Å². The number of hydrogen-bond donors (Lipinski definition) is 1. The molecule has 8 heteroatoms. The van der Waals surface area contributed by atoms with Gasteiger partial charge in [-0.25, -0.2) is 4.39 Å². The summed E-state index contributed by atoms with van der Waals surface area (Å²) in [7, 11) is 0. The first-order valence-corrected chi connectivity index (χ1v) is 8.54. The van der Waals surface area contributed by atoms with E-state index in [9.17, 15) is 23.1 Å². The molecule has 1 fully saturated rings. The maximum absolute atomic E-state index is 15.2. The highest BCUT2D eigenvalue weighted by Crippen LogP contribution is 2.57. The molecule has 1 aromatic rings. The molecule has 2 heterocycles. The number of aliphatic hydroxyl groups is 1. The van der Waals surface area contributed by atoms with Gasteiger partial charge in [0.05, 0.1) is 5.56 Å². The summed E-state index contributed by atoms with van der Waals surface area (Å²) in [6.07, 6.45) is 2.00. The van der Waals surface area contributed by atoms with Gasteiger partial charge in [0.2, 0.25) is 5.60 Å². The number of carbonyl (C=O) groups excluding carboxylic acids is 1. The summed E-state index contributed by atoms with van der Waals surface area (Å²) >= 11 is 0. The quantitative estimate of drug-likeness (QED) is 0.759. The van der Waals surface area contributed by atoms with Crippen LogP contribution in [0, 0.1) is 0 Å². The average Bonchev–Trinajstić information content (AvgIpc) is 2.94. The molecule has 1 N–H and O–H groups in total. The Morgan fingerprint density at radius 2 is 2.04 bits per heavy atom. The fourth-order valence-corrected chi connectivity index (χ4v) is 3.82. The Morgan fingerprint density at radius 3 is 2.70 bits per heavy atom. The zero-order chi connectivity index (χ0) is 19.4. The summed E-state index contributed by atoms with van der Waals surface area (Å²) in [5.74, 6) is -0.467. The number of carbonyl (C=O) groups is 1. The molecule has 2 bridgehead atoms. The Bertz CT molecular complexity index is 891. The smallest absolute Gasteiger partial charge is 0.373 e. The summed E-state index contributed by atoms with van der Waals surface area (Å²) in [5.41, 5.74) is -6.49. The van der Waals surface area contributed by atoms with Gasteiger partial charge in [0.1, 0.15) is 0 Å². The first-order valence-electron chi connectivity index (χ1n) is 8.54. The third-order valence-corrected chi connectivity index (χ3v) is 5.28. The van der Waals surface area contributed by atoms with Crippen molar-refractivity contribution in [2.24, 2.45) is 0 Å². The van der Waals surface area contributed by atoms with Gasteiger partial charge in [-0.1, -0.05) is 6.08 Å². The van der Waals surface area contributed by atoms with Gasteiger partial charge in [-0.15, -0.1) is 0 Å². The molecule has 1 saturated heterocycles. The third kappa shape index (κ3) is 2.46. The molecule has 27 heavy (non-hydrogen) atoms. The number of likely N-dealkylation sites (tertiary alicyclic amines) is 1. The summed E-state index contributed by atoms with van der Waals surface area (Å²) in [5, 5.41) is 10.2. The maximum atomic E-state index is 15.2. The van der Waals surface area contributed by atoms with Crippen molar-refractivity contribution in [2.45, 2.75) is 36.7 Å². The molecule has 5 rings (SSSR count). The van der Waals surface area contributed by atoms with Gasteiger partial charge in [0, 0.05) is 24.6 Å². The van der Waals surface area contributed by atoms with Crippen LogP contribution in [0.25, 0.3) is 0 Å². The van der Waals surface area contributed by atoms with Crippen LogP contribution in [0.5, 0.6) is 0 Å². The largest absolute Gasteiger partial charge is 0.425 e. The molecule has 1 amide bonds. The Balaban J connectivity index is 1.82. The Morgan fingerprint density at radius 1 is 1.26 bits per heavy atom. The lowest BCUT2D eigenvalue weighted by Crippen LogP contribution is -2.65. The van der Waals surface area contributed by atoms with Gasteiger partial charge in [0.25, 0.3) is 5.91 Å². The molecular formula is C19H16F4N2O2. The monoisotopic (exact) mass is 380 g/mol. The van der Waals surface area contributed by atoms with Gasteiger partial charge in [-0.2, -0.15) is 13.2 Å². The van der Waals surface area contributed by atoms with Crippen LogP contribution < -0.4 is 0 Å². The number of halogens is 4. The Kier molecular flexibility index (Phi) is 3.82. The van der Waals surface area contributed by atoms with Crippen LogP contribution in [0.2, 0.25) is 0 Å². The minimum atomic E-state index is -5.18. The highest BCUT2D eigenvalue weighted by molar-refractivity contribution is 5.95. The van der Waals surface area contributed by atoms with E-state index in [1.165, 1.54) is 23.4 Å². The number of hydrogen-bond acceptors (Lipinski definition) is 3. The van der Waals surface area contributed by atoms with Gasteiger partial charge >= 0.3 is 6.18 Å². The summed E-state index contributed by atoms with van der Waals surface area (Å²) in [4.78, 5) is 18.1. The van der Waals surface area contributed by atoms with Gasteiger partial charge < -0.3 is 10.0 Å². The van der Waals surface area contributed by atoms with E-state index < -0.39 is 28.9 Å². The second-order valence-corrected chi connectivity index (χ2v) is 6.93. The van der Waals surface area contributed by atoms with Gasteiger partial charge in [0.15, 0.2) is 5.67 Å². The summed E-state index contributed by atoms with van der Waals surface area (Å²) < 4.78 is 55.5. The van der Waals surface area contributed by atoms with Crippen LogP contribution >= 0.6 is 0 Å². The molecule has 0 saturated carbocycles. The number of alkyl halides is 4. The summed E-state index contributed by atoms with van der Waals surface area (Å²) in [6, 6.07) is 3.11. The molecular weight excluding hydrogens is 364 g/mol. The predicted octanol–water partition coefficient (Wildman–Crippen LogP) is 3.47. The predicted molar refractivity (Wildman–Crippen MR) is 88.2 cm³/mol. The molecule has 2 atom stereocenters. The Labute approximate surface area is 152 Å². The number of nitrogens with zero attached hydrogens (tertiary/aromatic N) is 2. The topological polar surface area (TPSA) is 53.4 Å². The lowest BCUT2D eigenvalue weighted by Gasteiger charge is -2.46. The molecule has 142 valence electrons.